The van der Waals surface area contributed by atoms with E-state index in [-0.39, 0.29) is 17.9 Å². The van der Waals surface area contributed by atoms with Crippen LogP contribution >= 0.6 is 11.3 Å². The molecule has 1 aliphatic heterocycles. The molecule has 2 aromatic heterocycles. The van der Waals surface area contributed by atoms with E-state index < -0.39 is 0 Å². The summed E-state index contributed by atoms with van der Waals surface area (Å²) in [5, 5.41) is 10.7. The molecule has 0 radical (unpaired) electrons. The molecule has 3 heterocycles. The van der Waals surface area contributed by atoms with Crippen LogP contribution in [0.25, 0.3) is 33.0 Å². The molecule has 0 aliphatic carbocycles. The summed E-state index contributed by atoms with van der Waals surface area (Å²) in [6, 6.07) is 19.0. The maximum Gasteiger partial charge on any atom is 0.226 e. The van der Waals surface area contributed by atoms with Crippen LogP contribution in [-0.4, -0.2) is 40.4 Å². The van der Waals surface area contributed by atoms with Gasteiger partial charge in [0.1, 0.15) is 5.01 Å². The molecule has 2 aromatic carbocycles. The van der Waals surface area contributed by atoms with Gasteiger partial charge in [-0.05, 0) is 50.7 Å². The predicted molar refractivity (Wildman–Crippen MR) is 149 cm³/mol. The van der Waals surface area contributed by atoms with Gasteiger partial charge in [-0.2, -0.15) is 5.10 Å². The number of carbonyl (C=O) groups excluding carboxylic acids is 1. The second-order valence-corrected chi connectivity index (χ2v) is 11.5. The van der Waals surface area contributed by atoms with Crippen molar-refractivity contribution in [3.8, 4) is 33.0 Å². The molecule has 1 amide bonds. The summed E-state index contributed by atoms with van der Waals surface area (Å²) in [6.45, 7) is 8.75. The van der Waals surface area contributed by atoms with Crippen LogP contribution in [-0.2, 0) is 21.5 Å². The number of nitrogens with zero attached hydrogens (tertiary/aromatic N) is 3. The first-order valence-corrected chi connectivity index (χ1v) is 13.8. The fraction of sp³-hybridized carbons (Fsp3) is 0.367. The minimum Gasteiger partial charge on any atom is -0.381 e. The van der Waals surface area contributed by atoms with Crippen LogP contribution in [0.3, 0.4) is 0 Å². The highest BCUT2D eigenvalue weighted by Crippen LogP contribution is 2.37. The second-order valence-electron chi connectivity index (χ2n) is 10.6. The number of hydrogen-bond donors (Lipinski definition) is 1. The first kappa shape index (κ1) is 25.4. The monoisotopic (exact) mass is 514 g/mol. The first-order chi connectivity index (χ1) is 17.9. The predicted octanol–water partition coefficient (Wildman–Crippen LogP) is 6.18. The number of ether oxygens (including phenoxy) is 1. The zero-order valence-electron chi connectivity index (χ0n) is 21.7. The van der Waals surface area contributed by atoms with Crippen LogP contribution in [0.1, 0.15) is 39.3 Å². The van der Waals surface area contributed by atoms with Crippen LogP contribution in [0.4, 0.5) is 0 Å². The van der Waals surface area contributed by atoms with Gasteiger partial charge in [-0.15, -0.1) is 11.3 Å². The van der Waals surface area contributed by atoms with E-state index >= 15 is 0 Å². The van der Waals surface area contributed by atoms with E-state index in [0.717, 1.165) is 53.6 Å². The molecule has 1 aliphatic rings. The second kappa shape index (κ2) is 11.0. The molecule has 6 nitrogen and oxygen atoms in total. The van der Waals surface area contributed by atoms with Gasteiger partial charge in [-0.3, -0.25) is 9.48 Å². The molecule has 37 heavy (non-hydrogen) atoms. The van der Waals surface area contributed by atoms with E-state index in [9.17, 15) is 4.79 Å². The summed E-state index contributed by atoms with van der Waals surface area (Å²) in [6.07, 6.45) is 4.20. The summed E-state index contributed by atoms with van der Waals surface area (Å²) in [5.41, 5.74) is 6.08. The molecular weight excluding hydrogens is 480 g/mol. The third kappa shape index (κ3) is 6.00. The number of amides is 1. The maximum atomic E-state index is 12.6. The van der Waals surface area contributed by atoms with Gasteiger partial charge in [0.25, 0.3) is 0 Å². The molecule has 0 saturated carbocycles. The highest BCUT2D eigenvalue weighted by molar-refractivity contribution is 7.13. The zero-order chi connectivity index (χ0) is 25.8. The smallest absolute Gasteiger partial charge is 0.226 e. The number of carbonyl (C=O) groups is 1. The Morgan fingerprint density at radius 1 is 1.03 bits per heavy atom. The Kier molecular flexibility index (Phi) is 7.53. The van der Waals surface area contributed by atoms with Gasteiger partial charge < -0.3 is 10.1 Å². The molecule has 192 valence electrons. The molecule has 0 bridgehead atoms. The molecule has 1 N–H and O–H groups in total. The van der Waals surface area contributed by atoms with Crippen molar-refractivity contribution >= 4 is 17.2 Å². The standard InChI is InChI=1S/C30H34N4O2S/c1-30(2,3)34-28(24-11-9-23(10-12-24)22-7-5-4-6-8-22)26(19-32-34)29-33-25(20-37-29)17-27(35)31-18-21-13-15-36-16-14-21/h4-12,19-21H,13-18H2,1-3H3,(H,31,35). The van der Waals surface area contributed by atoms with Crippen LogP contribution in [0, 0.1) is 5.92 Å². The Morgan fingerprint density at radius 3 is 2.41 bits per heavy atom. The van der Waals surface area contributed by atoms with Gasteiger partial charge in [0.05, 0.1) is 35.1 Å². The highest BCUT2D eigenvalue weighted by Gasteiger charge is 2.24. The first-order valence-electron chi connectivity index (χ1n) is 12.9. The molecular formula is C30H34N4O2S. The van der Waals surface area contributed by atoms with Crippen molar-refractivity contribution in [1.82, 2.24) is 20.1 Å². The van der Waals surface area contributed by atoms with Gasteiger partial charge in [0.2, 0.25) is 5.91 Å². The lowest BCUT2D eigenvalue weighted by molar-refractivity contribution is -0.120. The maximum absolute atomic E-state index is 12.6. The average Bonchev–Trinajstić information content (AvgIpc) is 3.56. The van der Waals surface area contributed by atoms with Gasteiger partial charge in [-0.25, -0.2) is 4.98 Å². The Morgan fingerprint density at radius 2 is 1.70 bits per heavy atom. The Labute approximate surface area is 222 Å². The molecule has 1 saturated heterocycles. The summed E-state index contributed by atoms with van der Waals surface area (Å²) in [5.74, 6) is 0.522. The quantitative estimate of drug-likeness (QED) is 0.320. The lowest BCUT2D eigenvalue weighted by Gasteiger charge is -2.23. The molecule has 1 fully saturated rings. The summed E-state index contributed by atoms with van der Waals surface area (Å²) >= 11 is 1.56. The van der Waals surface area contributed by atoms with E-state index in [1.807, 2.05) is 17.6 Å². The van der Waals surface area contributed by atoms with Crippen LogP contribution < -0.4 is 5.32 Å². The highest BCUT2D eigenvalue weighted by atomic mass is 32.1. The molecule has 7 heteroatoms. The number of thiazole rings is 1. The Balaban J connectivity index is 1.37. The summed E-state index contributed by atoms with van der Waals surface area (Å²) in [4.78, 5) is 17.4. The lowest BCUT2D eigenvalue weighted by Crippen LogP contribution is -2.33. The molecule has 0 unspecified atom stereocenters. The lowest BCUT2D eigenvalue weighted by atomic mass is 10.00. The van der Waals surface area contributed by atoms with Crippen LogP contribution in [0.2, 0.25) is 0 Å². The molecule has 5 rings (SSSR count). The van der Waals surface area contributed by atoms with Crippen molar-refractivity contribution < 1.29 is 9.53 Å². The summed E-state index contributed by atoms with van der Waals surface area (Å²) in [7, 11) is 0. The summed E-state index contributed by atoms with van der Waals surface area (Å²) < 4.78 is 7.48. The van der Waals surface area contributed by atoms with Crippen molar-refractivity contribution in [2.75, 3.05) is 19.8 Å². The van der Waals surface area contributed by atoms with Crippen molar-refractivity contribution in [2.45, 2.75) is 45.6 Å². The van der Waals surface area contributed by atoms with Crippen molar-refractivity contribution in [3.05, 3.63) is 71.9 Å². The number of nitrogens with one attached hydrogen (secondary N) is 1. The van der Waals surface area contributed by atoms with Crippen LogP contribution in [0.15, 0.2) is 66.2 Å². The van der Waals surface area contributed by atoms with E-state index in [2.05, 4.69) is 79.3 Å². The topological polar surface area (TPSA) is 69.0 Å². The fourth-order valence-corrected chi connectivity index (χ4v) is 5.52. The third-order valence-corrected chi connectivity index (χ3v) is 7.65. The largest absolute Gasteiger partial charge is 0.381 e. The van der Waals surface area contributed by atoms with Gasteiger partial charge in [0, 0.05) is 30.7 Å². The van der Waals surface area contributed by atoms with E-state index in [4.69, 9.17) is 14.8 Å². The third-order valence-electron chi connectivity index (χ3n) is 6.72. The van der Waals surface area contributed by atoms with Crippen molar-refractivity contribution in [3.63, 3.8) is 0 Å². The van der Waals surface area contributed by atoms with E-state index in [1.165, 1.54) is 11.1 Å². The Bertz CT molecular complexity index is 1330. The average molecular weight is 515 g/mol. The van der Waals surface area contributed by atoms with Gasteiger partial charge in [-0.1, -0.05) is 54.6 Å². The normalized spacial score (nSPS) is 14.6. The molecule has 0 spiro atoms. The molecule has 0 atom stereocenters. The number of rotatable bonds is 7. The molecule has 4 aromatic rings. The minimum absolute atomic E-state index is 0.0189. The van der Waals surface area contributed by atoms with E-state index in [0.29, 0.717) is 12.5 Å². The zero-order valence-corrected chi connectivity index (χ0v) is 22.6. The van der Waals surface area contributed by atoms with E-state index in [1.54, 1.807) is 11.3 Å². The number of hydrogen-bond acceptors (Lipinski definition) is 5. The fourth-order valence-electron chi connectivity index (χ4n) is 4.69. The number of benzene rings is 2. The number of aromatic nitrogens is 3. The van der Waals surface area contributed by atoms with Gasteiger partial charge in [0.15, 0.2) is 0 Å². The van der Waals surface area contributed by atoms with Crippen LogP contribution in [0.5, 0.6) is 0 Å². The Hall–Kier alpha value is -3.29. The van der Waals surface area contributed by atoms with Crippen molar-refractivity contribution in [2.24, 2.45) is 5.92 Å². The SMILES string of the molecule is CC(C)(C)n1ncc(-c2nc(CC(=O)NCC3CCOCC3)cs2)c1-c1ccc(-c2ccccc2)cc1. The van der Waals surface area contributed by atoms with Gasteiger partial charge >= 0.3 is 0 Å². The van der Waals surface area contributed by atoms with Crippen molar-refractivity contribution in [1.29, 1.82) is 0 Å². The minimum atomic E-state index is -0.199.